The fourth-order valence-electron chi connectivity index (χ4n) is 2.61. The molecule has 1 aliphatic rings. The van der Waals surface area contributed by atoms with Crippen molar-refractivity contribution in [2.24, 2.45) is 11.7 Å². The standard InChI is InChI=1S/C15H19FN2O2/c16-13-4-2-1-3-12(13)14(19)10-18-7-5-11(6-8-18)9-15(17)20/h1-4,11H,5-10H2,(H2,17,20). The molecule has 0 spiro atoms. The molecule has 1 fully saturated rings. The van der Waals surface area contributed by atoms with Crippen molar-refractivity contribution in [3.63, 3.8) is 0 Å². The molecule has 1 saturated heterocycles. The summed E-state index contributed by atoms with van der Waals surface area (Å²) in [7, 11) is 0. The van der Waals surface area contributed by atoms with E-state index >= 15 is 0 Å². The van der Waals surface area contributed by atoms with Gasteiger partial charge in [-0.3, -0.25) is 14.5 Å². The number of hydrogen-bond acceptors (Lipinski definition) is 3. The largest absolute Gasteiger partial charge is 0.370 e. The van der Waals surface area contributed by atoms with Crippen LogP contribution in [0, 0.1) is 11.7 Å². The molecule has 2 N–H and O–H groups in total. The molecular formula is C15H19FN2O2. The van der Waals surface area contributed by atoms with E-state index in [2.05, 4.69) is 0 Å². The van der Waals surface area contributed by atoms with E-state index in [1.807, 2.05) is 4.90 Å². The molecule has 0 aliphatic carbocycles. The molecule has 1 aliphatic heterocycles. The number of Topliss-reactive ketones (excluding diaryl/α,β-unsaturated/α-hetero) is 1. The summed E-state index contributed by atoms with van der Waals surface area (Å²) in [6.07, 6.45) is 2.12. The van der Waals surface area contributed by atoms with Crippen molar-refractivity contribution in [1.29, 1.82) is 0 Å². The van der Waals surface area contributed by atoms with Crippen LogP contribution >= 0.6 is 0 Å². The summed E-state index contributed by atoms with van der Waals surface area (Å²) in [5.74, 6) is -0.629. The number of primary amides is 1. The molecule has 20 heavy (non-hydrogen) atoms. The van der Waals surface area contributed by atoms with E-state index < -0.39 is 5.82 Å². The summed E-state index contributed by atoms with van der Waals surface area (Å²) in [5, 5.41) is 0. The number of piperidine rings is 1. The minimum atomic E-state index is -0.471. The molecule has 108 valence electrons. The van der Waals surface area contributed by atoms with E-state index in [1.54, 1.807) is 12.1 Å². The number of likely N-dealkylation sites (tertiary alicyclic amines) is 1. The zero-order chi connectivity index (χ0) is 14.5. The lowest BCUT2D eigenvalue weighted by molar-refractivity contribution is -0.119. The van der Waals surface area contributed by atoms with Gasteiger partial charge in [0.2, 0.25) is 5.91 Å². The van der Waals surface area contributed by atoms with Crippen molar-refractivity contribution in [1.82, 2.24) is 4.90 Å². The Balaban J connectivity index is 1.85. The van der Waals surface area contributed by atoms with Crippen molar-refractivity contribution in [2.45, 2.75) is 19.3 Å². The highest BCUT2D eigenvalue weighted by Crippen LogP contribution is 2.20. The van der Waals surface area contributed by atoms with Gasteiger partial charge in [-0.15, -0.1) is 0 Å². The van der Waals surface area contributed by atoms with E-state index in [1.165, 1.54) is 12.1 Å². The number of hydrogen-bond donors (Lipinski definition) is 1. The summed E-state index contributed by atoms with van der Waals surface area (Å²) < 4.78 is 13.5. The normalized spacial score (nSPS) is 17.1. The van der Waals surface area contributed by atoms with Crippen LogP contribution in [0.25, 0.3) is 0 Å². The van der Waals surface area contributed by atoms with Crippen LogP contribution in [0.3, 0.4) is 0 Å². The van der Waals surface area contributed by atoms with Crippen LogP contribution in [0.4, 0.5) is 4.39 Å². The van der Waals surface area contributed by atoms with Gasteiger partial charge in [0.1, 0.15) is 5.82 Å². The van der Waals surface area contributed by atoms with Gasteiger partial charge in [0.05, 0.1) is 12.1 Å². The smallest absolute Gasteiger partial charge is 0.217 e. The lowest BCUT2D eigenvalue weighted by Crippen LogP contribution is -2.38. The average molecular weight is 278 g/mol. The Morgan fingerprint density at radius 2 is 1.90 bits per heavy atom. The Hall–Kier alpha value is -1.75. The molecule has 2 rings (SSSR count). The Bertz CT molecular complexity index is 496. The Morgan fingerprint density at radius 1 is 1.25 bits per heavy atom. The van der Waals surface area contributed by atoms with Crippen molar-refractivity contribution in [3.05, 3.63) is 35.6 Å². The number of carbonyl (C=O) groups excluding carboxylic acids is 2. The molecule has 1 amide bonds. The third kappa shape index (κ3) is 3.87. The van der Waals surface area contributed by atoms with Crippen LogP contribution in [0.1, 0.15) is 29.6 Å². The molecule has 0 bridgehead atoms. The Kier molecular flexibility index (Phi) is 4.84. The molecule has 0 radical (unpaired) electrons. The predicted molar refractivity (Wildman–Crippen MR) is 73.7 cm³/mol. The topological polar surface area (TPSA) is 63.4 Å². The molecule has 0 unspecified atom stereocenters. The summed E-state index contributed by atoms with van der Waals surface area (Å²) in [4.78, 5) is 24.9. The van der Waals surface area contributed by atoms with Crippen molar-refractivity contribution >= 4 is 11.7 Å². The van der Waals surface area contributed by atoms with Gasteiger partial charge in [-0.1, -0.05) is 12.1 Å². The van der Waals surface area contributed by atoms with Crippen LogP contribution in [-0.4, -0.2) is 36.2 Å². The number of rotatable bonds is 5. The van der Waals surface area contributed by atoms with Crippen LogP contribution in [-0.2, 0) is 4.79 Å². The highest BCUT2D eigenvalue weighted by Gasteiger charge is 2.23. The number of carbonyl (C=O) groups is 2. The second-order valence-electron chi connectivity index (χ2n) is 5.29. The van der Waals surface area contributed by atoms with Gasteiger partial charge in [-0.2, -0.15) is 0 Å². The maximum Gasteiger partial charge on any atom is 0.217 e. The SMILES string of the molecule is NC(=O)CC1CCN(CC(=O)c2ccccc2F)CC1. The van der Waals surface area contributed by atoms with Crippen molar-refractivity contribution < 1.29 is 14.0 Å². The zero-order valence-electron chi connectivity index (χ0n) is 11.3. The molecule has 4 nitrogen and oxygen atoms in total. The number of halogens is 1. The fraction of sp³-hybridized carbons (Fsp3) is 0.467. The maximum absolute atomic E-state index is 13.5. The third-order valence-electron chi connectivity index (χ3n) is 3.74. The van der Waals surface area contributed by atoms with E-state index in [-0.39, 0.29) is 23.8 Å². The number of nitrogens with two attached hydrogens (primary N) is 1. The fourth-order valence-corrected chi connectivity index (χ4v) is 2.61. The van der Waals surface area contributed by atoms with E-state index in [0.29, 0.717) is 12.3 Å². The quantitative estimate of drug-likeness (QED) is 0.832. The first-order chi connectivity index (χ1) is 9.56. The second-order valence-corrected chi connectivity index (χ2v) is 5.29. The van der Waals surface area contributed by atoms with Gasteiger partial charge in [0.15, 0.2) is 5.78 Å². The molecule has 0 atom stereocenters. The molecule has 0 saturated carbocycles. The van der Waals surface area contributed by atoms with Gasteiger partial charge in [0, 0.05) is 6.42 Å². The van der Waals surface area contributed by atoms with Gasteiger partial charge in [-0.25, -0.2) is 4.39 Å². The summed E-state index contributed by atoms with van der Waals surface area (Å²) in [5.41, 5.74) is 5.33. The average Bonchev–Trinajstić information content (AvgIpc) is 2.41. The first-order valence-electron chi connectivity index (χ1n) is 6.84. The molecular weight excluding hydrogens is 259 g/mol. The van der Waals surface area contributed by atoms with Crippen LogP contribution < -0.4 is 5.73 Å². The zero-order valence-corrected chi connectivity index (χ0v) is 11.3. The minimum absolute atomic E-state index is 0.145. The van der Waals surface area contributed by atoms with E-state index in [0.717, 1.165) is 25.9 Å². The molecule has 0 aromatic heterocycles. The summed E-state index contributed by atoms with van der Waals surface area (Å²) in [6, 6.07) is 6.04. The van der Waals surface area contributed by atoms with E-state index in [4.69, 9.17) is 5.73 Å². The van der Waals surface area contributed by atoms with Crippen LogP contribution in [0.5, 0.6) is 0 Å². The van der Waals surface area contributed by atoms with E-state index in [9.17, 15) is 14.0 Å². The van der Waals surface area contributed by atoms with Gasteiger partial charge < -0.3 is 5.73 Å². The molecule has 1 heterocycles. The first-order valence-corrected chi connectivity index (χ1v) is 6.84. The minimum Gasteiger partial charge on any atom is -0.370 e. The summed E-state index contributed by atoms with van der Waals surface area (Å²) >= 11 is 0. The third-order valence-corrected chi connectivity index (χ3v) is 3.74. The lowest BCUT2D eigenvalue weighted by atomic mass is 9.93. The molecule has 1 aromatic rings. The van der Waals surface area contributed by atoms with Gasteiger partial charge >= 0.3 is 0 Å². The Morgan fingerprint density at radius 3 is 2.50 bits per heavy atom. The second kappa shape index (κ2) is 6.61. The highest BCUT2D eigenvalue weighted by molar-refractivity contribution is 5.97. The molecule has 1 aromatic carbocycles. The number of ketones is 1. The molecule has 5 heteroatoms. The highest BCUT2D eigenvalue weighted by atomic mass is 19.1. The number of benzene rings is 1. The van der Waals surface area contributed by atoms with Crippen LogP contribution in [0.2, 0.25) is 0 Å². The van der Waals surface area contributed by atoms with Gasteiger partial charge in [0.25, 0.3) is 0 Å². The number of amides is 1. The van der Waals surface area contributed by atoms with Crippen molar-refractivity contribution in [3.8, 4) is 0 Å². The van der Waals surface area contributed by atoms with Gasteiger partial charge in [-0.05, 0) is 44.0 Å². The Labute approximate surface area is 117 Å². The maximum atomic E-state index is 13.5. The van der Waals surface area contributed by atoms with Crippen LogP contribution in [0.15, 0.2) is 24.3 Å². The lowest BCUT2D eigenvalue weighted by Gasteiger charge is -2.30. The first kappa shape index (κ1) is 14.7. The summed E-state index contributed by atoms with van der Waals surface area (Å²) in [6.45, 7) is 1.72. The van der Waals surface area contributed by atoms with Crippen molar-refractivity contribution in [2.75, 3.05) is 19.6 Å². The monoisotopic (exact) mass is 278 g/mol. The predicted octanol–water partition coefficient (Wildman–Crippen LogP) is 1.60. The number of nitrogens with zero attached hydrogens (tertiary/aromatic N) is 1.